The Morgan fingerprint density at radius 3 is 2.17 bits per heavy atom. The van der Waals surface area contributed by atoms with Crippen LogP contribution >= 0.6 is 0 Å². The third kappa shape index (κ3) is 3.85. The fourth-order valence-electron chi connectivity index (χ4n) is 2.05. The molecule has 0 aliphatic heterocycles. The van der Waals surface area contributed by atoms with Gasteiger partial charge in [-0.3, -0.25) is 4.31 Å². The van der Waals surface area contributed by atoms with Gasteiger partial charge in [-0.2, -0.15) is 0 Å². The van der Waals surface area contributed by atoms with Crippen molar-refractivity contribution in [3.05, 3.63) is 54.1 Å². The zero-order valence-electron chi connectivity index (χ0n) is 13.4. The fraction of sp³-hybridized carbons (Fsp3) is 0.222. The van der Waals surface area contributed by atoms with Crippen molar-refractivity contribution in [3.63, 3.8) is 0 Å². The lowest BCUT2D eigenvalue weighted by atomic mass is 10.2. The molecule has 23 heavy (non-hydrogen) atoms. The molecule has 0 atom stereocenters. The molecular weight excluding hydrogens is 310 g/mol. The molecule has 2 aromatic carbocycles. The van der Waals surface area contributed by atoms with Gasteiger partial charge >= 0.3 is 0 Å². The molecule has 0 unspecified atom stereocenters. The second kappa shape index (κ2) is 7.21. The van der Waals surface area contributed by atoms with Crippen LogP contribution in [0.15, 0.2) is 53.4 Å². The van der Waals surface area contributed by atoms with Crippen molar-refractivity contribution in [1.82, 2.24) is 0 Å². The number of aryl methyl sites for hydroxylation is 1. The Morgan fingerprint density at radius 2 is 1.65 bits per heavy atom. The van der Waals surface area contributed by atoms with Gasteiger partial charge in [-0.25, -0.2) is 8.42 Å². The molecule has 0 N–H and O–H groups in total. The van der Waals surface area contributed by atoms with Crippen LogP contribution in [0.25, 0.3) is 0 Å². The normalized spacial score (nSPS) is 10.6. The lowest BCUT2D eigenvalue weighted by Gasteiger charge is -2.22. The number of anilines is 1. The summed E-state index contributed by atoms with van der Waals surface area (Å²) < 4.78 is 32.3. The maximum Gasteiger partial charge on any atom is 0.265 e. The lowest BCUT2D eigenvalue weighted by Crippen LogP contribution is -2.31. The molecule has 5 heteroatoms. The minimum Gasteiger partial charge on any atom is -0.497 e. The first-order valence-electron chi connectivity index (χ1n) is 7.12. The smallest absolute Gasteiger partial charge is 0.265 e. The van der Waals surface area contributed by atoms with Crippen LogP contribution in [-0.2, 0) is 10.0 Å². The van der Waals surface area contributed by atoms with Crippen molar-refractivity contribution >= 4 is 15.7 Å². The second-order valence-electron chi connectivity index (χ2n) is 4.95. The van der Waals surface area contributed by atoms with E-state index >= 15 is 0 Å². The van der Waals surface area contributed by atoms with E-state index in [1.54, 1.807) is 62.6 Å². The van der Waals surface area contributed by atoms with E-state index in [0.717, 1.165) is 5.56 Å². The largest absolute Gasteiger partial charge is 0.497 e. The molecule has 120 valence electrons. The summed E-state index contributed by atoms with van der Waals surface area (Å²) in [5.74, 6) is 6.24. The number of ether oxygens (including phenoxy) is 1. The number of rotatable bonds is 5. The van der Waals surface area contributed by atoms with Crippen molar-refractivity contribution < 1.29 is 13.2 Å². The molecule has 2 aromatic rings. The first-order chi connectivity index (χ1) is 11.0. The molecule has 0 bridgehead atoms. The zero-order chi connectivity index (χ0) is 16.9. The Hall–Kier alpha value is -2.45. The molecule has 0 aliphatic rings. The van der Waals surface area contributed by atoms with E-state index in [4.69, 9.17) is 4.74 Å². The van der Waals surface area contributed by atoms with Crippen LogP contribution < -0.4 is 9.04 Å². The number of hydrogen-bond donors (Lipinski definition) is 0. The summed E-state index contributed by atoms with van der Waals surface area (Å²) in [6, 6.07) is 13.7. The second-order valence-corrected chi connectivity index (χ2v) is 6.81. The number of hydrogen-bond acceptors (Lipinski definition) is 3. The van der Waals surface area contributed by atoms with Crippen LogP contribution in [0.5, 0.6) is 5.75 Å². The molecule has 4 nitrogen and oxygen atoms in total. The van der Waals surface area contributed by atoms with E-state index < -0.39 is 10.0 Å². The first kappa shape index (κ1) is 16.9. The van der Waals surface area contributed by atoms with Crippen LogP contribution in [-0.4, -0.2) is 22.1 Å². The summed E-state index contributed by atoms with van der Waals surface area (Å²) >= 11 is 0. The van der Waals surface area contributed by atoms with Crippen molar-refractivity contribution in [2.24, 2.45) is 0 Å². The van der Waals surface area contributed by atoms with Gasteiger partial charge in [0.05, 0.1) is 24.2 Å². The third-order valence-electron chi connectivity index (χ3n) is 3.37. The fourth-order valence-corrected chi connectivity index (χ4v) is 3.42. The highest BCUT2D eigenvalue weighted by Gasteiger charge is 2.24. The Labute approximate surface area is 137 Å². The maximum atomic E-state index is 12.9. The highest BCUT2D eigenvalue weighted by atomic mass is 32.2. The van der Waals surface area contributed by atoms with E-state index in [-0.39, 0.29) is 11.4 Å². The van der Waals surface area contributed by atoms with Gasteiger partial charge < -0.3 is 4.74 Å². The number of benzene rings is 2. The van der Waals surface area contributed by atoms with Crippen LogP contribution in [0.3, 0.4) is 0 Å². The van der Waals surface area contributed by atoms with Gasteiger partial charge in [0.15, 0.2) is 0 Å². The molecule has 0 aliphatic carbocycles. The van der Waals surface area contributed by atoms with Gasteiger partial charge in [0.2, 0.25) is 0 Å². The van der Waals surface area contributed by atoms with Crippen LogP contribution in [0.2, 0.25) is 0 Å². The topological polar surface area (TPSA) is 46.6 Å². The Bertz CT molecular complexity index is 813. The minimum atomic E-state index is -3.67. The third-order valence-corrected chi connectivity index (χ3v) is 5.16. The average Bonchev–Trinajstić information content (AvgIpc) is 2.56. The van der Waals surface area contributed by atoms with Gasteiger partial charge in [0.1, 0.15) is 5.75 Å². The van der Waals surface area contributed by atoms with Gasteiger partial charge in [-0.1, -0.05) is 23.6 Å². The van der Waals surface area contributed by atoms with Gasteiger partial charge in [-0.15, -0.1) is 5.92 Å². The minimum absolute atomic E-state index is 0.0963. The quantitative estimate of drug-likeness (QED) is 0.791. The Morgan fingerprint density at radius 1 is 1.04 bits per heavy atom. The van der Waals surface area contributed by atoms with E-state index in [0.29, 0.717) is 11.4 Å². The Kier molecular flexibility index (Phi) is 5.30. The highest BCUT2D eigenvalue weighted by molar-refractivity contribution is 7.92. The Balaban J connectivity index is 2.47. The molecule has 2 rings (SSSR count). The first-order valence-corrected chi connectivity index (χ1v) is 8.56. The van der Waals surface area contributed by atoms with Crippen molar-refractivity contribution in [2.75, 3.05) is 18.0 Å². The van der Waals surface area contributed by atoms with Crippen LogP contribution in [0.4, 0.5) is 5.69 Å². The van der Waals surface area contributed by atoms with E-state index in [1.807, 2.05) is 6.92 Å². The summed E-state index contributed by atoms with van der Waals surface area (Å²) in [5.41, 5.74) is 1.56. The highest BCUT2D eigenvalue weighted by Crippen LogP contribution is 2.25. The zero-order valence-corrected chi connectivity index (χ0v) is 14.2. The lowest BCUT2D eigenvalue weighted by molar-refractivity contribution is 0.415. The van der Waals surface area contributed by atoms with Crippen LogP contribution in [0.1, 0.15) is 12.5 Å². The average molecular weight is 329 g/mol. The molecule has 0 saturated heterocycles. The van der Waals surface area contributed by atoms with Crippen LogP contribution in [0, 0.1) is 18.8 Å². The number of nitrogens with zero attached hydrogens (tertiary/aromatic N) is 1. The molecule has 0 aromatic heterocycles. The molecule has 0 amide bonds. The SMILES string of the molecule is CC#CCN(c1ccc(OC)cc1)S(=O)(=O)c1ccc(C)cc1. The number of sulfonamides is 1. The molecule has 0 radical (unpaired) electrons. The maximum absolute atomic E-state index is 12.9. The number of methoxy groups -OCH3 is 1. The summed E-state index contributed by atoms with van der Waals surface area (Å²) in [7, 11) is -2.10. The molecule has 0 heterocycles. The standard InChI is InChI=1S/C18H19NO3S/c1-4-5-14-19(16-8-10-17(22-3)11-9-16)23(20,21)18-12-6-15(2)7-13-18/h6-13H,14H2,1-3H3. The molecule has 0 saturated carbocycles. The summed E-state index contributed by atoms with van der Waals surface area (Å²) in [6.07, 6.45) is 0. The predicted molar refractivity (Wildman–Crippen MR) is 92.2 cm³/mol. The predicted octanol–water partition coefficient (Wildman–Crippen LogP) is 3.22. The van der Waals surface area contributed by atoms with Gasteiger partial charge in [-0.05, 0) is 50.2 Å². The van der Waals surface area contributed by atoms with Crippen molar-refractivity contribution in [2.45, 2.75) is 18.7 Å². The molecule has 0 spiro atoms. The van der Waals surface area contributed by atoms with E-state index in [9.17, 15) is 8.42 Å². The van der Waals surface area contributed by atoms with Gasteiger partial charge in [0, 0.05) is 0 Å². The summed E-state index contributed by atoms with van der Waals surface area (Å²) in [4.78, 5) is 0.247. The van der Waals surface area contributed by atoms with E-state index in [2.05, 4.69) is 11.8 Å². The van der Waals surface area contributed by atoms with Gasteiger partial charge in [0.25, 0.3) is 10.0 Å². The van der Waals surface area contributed by atoms with E-state index in [1.165, 1.54) is 4.31 Å². The molecule has 0 fully saturated rings. The van der Waals surface area contributed by atoms with Crippen molar-refractivity contribution in [1.29, 1.82) is 0 Å². The summed E-state index contributed by atoms with van der Waals surface area (Å²) in [5, 5.41) is 0. The summed E-state index contributed by atoms with van der Waals surface area (Å²) in [6.45, 7) is 3.70. The van der Waals surface area contributed by atoms with Crippen molar-refractivity contribution in [3.8, 4) is 17.6 Å². The monoisotopic (exact) mass is 329 g/mol. The molecular formula is C18H19NO3S.